The molecule has 3 N–H and O–H groups in total. The maximum atomic E-state index is 14.5. The van der Waals surface area contributed by atoms with Crippen molar-refractivity contribution < 1.29 is 46.0 Å². The highest BCUT2D eigenvalue weighted by Gasteiger charge is 2.62. The number of fused-ring (bicyclic) bond motifs is 1. The minimum Gasteiger partial charge on any atom is -0.497 e. The molecule has 15 nitrogen and oxygen atoms in total. The van der Waals surface area contributed by atoms with Gasteiger partial charge in [-0.3, -0.25) is 14.4 Å². The van der Waals surface area contributed by atoms with Crippen LogP contribution in [-0.2, 0) is 33.6 Å². The number of nitrogens with one attached hydrogen (secondary N) is 3. The van der Waals surface area contributed by atoms with E-state index in [0.717, 1.165) is 5.39 Å². The number of likely N-dealkylation sites (tertiary alicyclic amines) is 1. The Labute approximate surface area is 311 Å². The molecule has 1 aromatic carbocycles. The molecule has 0 bridgehead atoms. The lowest BCUT2D eigenvalue weighted by molar-refractivity contribution is -0.143. The lowest BCUT2D eigenvalue weighted by Gasteiger charge is -2.35. The third kappa shape index (κ3) is 9.50. The third-order valence-electron chi connectivity index (χ3n) is 9.91. The summed E-state index contributed by atoms with van der Waals surface area (Å²) >= 11 is 0. The first-order valence-corrected chi connectivity index (χ1v) is 19.4. The van der Waals surface area contributed by atoms with Gasteiger partial charge in [-0.25, -0.2) is 18.7 Å². The first-order chi connectivity index (χ1) is 24.6. The molecule has 1 saturated heterocycles. The summed E-state index contributed by atoms with van der Waals surface area (Å²) in [5, 5.41) is 7.03. The summed E-state index contributed by atoms with van der Waals surface area (Å²) in [5.74, 6) is -1.54. The molecule has 1 aromatic heterocycles. The fourth-order valence-corrected chi connectivity index (χ4v) is 7.65. The standard InChI is InChI=1S/C37H53N5O10S/c1-10-23-19-37(23,32(45)41-53(47,48)52-36(8)14-15-36)40-29(43)27-18-25(51-30-26-12-11-24(49-9)17-22(26)13-16-38-30)20-42(27)31(44)28(35(5,6)7)39-33(46)50-21-34(2,3)4/h11-13,16-17,23,25,27-28H,10,14-15,18-21H2,1-9H3,(H,39,46)(H,40,43)(H,41,45)/t23-,25?,27+,28-,37-/m1/s1. The van der Waals surface area contributed by atoms with Crippen molar-refractivity contribution >= 4 is 44.9 Å². The van der Waals surface area contributed by atoms with E-state index in [1.165, 1.54) is 4.90 Å². The number of pyridine rings is 1. The summed E-state index contributed by atoms with van der Waals surface area (Å²) in [6.45, 7) is 14.6. The molecular formula is C37H53N5O10S. The second-order valence-corrected chi connectivity index (χ2v) is 18.2. The molecule has 0 radical (unpaired) electrons. The molecule has 4 amide bonds. The molecule has 1 unspecified atom stereocenters. The number of aromatic nitrogens is 1. The highest BCUT2D eigenvalue weighted by Crippen LogP contribution is 2.47. The lowest BCUT2D eigenvalue weighted by atomic mass is 9.85. The van der Waals surface area contributed by atoms with Crippen molar-refractivity contribution in [1.82, 2.24) is 25.2 Å². The van der Waals surface area contributed by atoms with Gasteiger partial charge in [-0.05, 0) is 72.6 Å². The van der Waals surface area contributed by atoms with Gasteiger partial charge in [0.2, 0.25) is 17.7 Å². The van der Waals surface area contributed by atoms with Crippen molar-refractivity contribution in [2.75, 3.05) is 20.3 Å². The molecule has 16 heteroatoms. The summed E-state index contributed by atoms with van der Waals surface area (Å²) in [6.07, 6.45) is 1.87. The number of ether oxygens (including phenoxy) is 3. The molecule has 53 heavy (non-hydrogen) atoms. The molecule has 2 saturated carbocycles. The van der Waals surface area contributed by atoms with E-state index in [-0.39, 0.29) is 37.3 Å². The van der Waals surface area contributed by atoms with Crippen LogP contribution in [0.1, 0.15) is 87.5 Å². The Kier molecular flexibility index (Phi) is 11.0. The normalized spacial score (nSPS) is 24.2. The number of carbonyl (C=O) groups excluding carboxylic acids is 4. The molecule has 2 heterocycles. The van der Waals surface area contributed by atoms with Crippen LogP contribution in [0.2, 0.25) is 0 Å². The Morgan fingerprint density at radius 3 is 2.36 bits per heavy atom. The Morgan fingerprint density at radius 1 is 1.08 bits per heavy atom. The van der Waals surface area contributed by atoms with Crippen molar-refractivity contribution in [2.24, 2.45) is 16.7 Å². The van der Waals surface area contributed by atoms with Gasteiger partial charge < -0.3 is 29.7 Å². The van der Waals surface area contributed by atoms with E-state index >= 15 is 0 Å². The average Bonchev–Trinajstić information content (AvgIpc) is 3.93. The first-order valence-electron chi connectivity index (χ1n) is 18.0. The molecule has 0 spiro atoms. The summed E-state index contributed by atoms with van der Waals surface area (Å²) in [6, 6.07) is 4.97. The van der Waals surface area contributed by atoms with Crippen LogP contribution in [0.5, 0.6) is 11.6 Å². The van der Waals surface area contributed by atoms with Crippen LogP contribution in [-0.4, -0.2) is 91.7 Å². The van der Waals surface area contributed by atoms with Gasteiger partial charge in [-0.15, -0.1) is 0 Å². The van der Waals surface area contributed by atoms with Crippen LogP contribution in [0.4, 0.5) is 4.79 Å². The van der Waals surface area contributed by atoms with Crippen molar-refractivity contribution in [1.29, 1.82) is 0 Å². The van der Waals surface area contributed by atoms with Crippen LogP contribution in [0.3, 0.4) is 0 Å². The van der Waals surface area contributed by atoms with E-state index in [9.17, 15) is 27.6 Å². The zero-order chi connectivity index (χ0) is 39.1. The van der Waals surface area contributed by atoms with E-state index in [4.69, 9.17) is 18.4 Å². The fraction of sp³-hybridized carbons (Fsp3) is 0.649. The maximum absolute atomic E-state index is 14.5. The van der Waals surface area contributed by atoms with Gasteiger partial charge in [-0.1, -0.05) is 54.9 Å². The Hall–Kier alpha value is -4.18. The van der Waals surface area contributed by atoms with E-state index in [0.29, 0.717) is 36.3 Å². The van der Waals surface area contributed by atoms with Gasteiger partial charge in [0.1, 0.15) is 29.5 Å². The largest absolute Gasteiger partial charge is 0.497 e. The second-order valence-electron chi connectivity index (χ2n) is 17.0. The number of nitrogens with zero attached hydrogens (tertiary/aromatic N) is 2. The molecule has 2 aromatic rings. The maximum Gasteiger partial charge on any atom is 0.407 e. The van der Waals surface area contributed by atoms with Crippen LogP contribution < -0.4 is 24.8 Å². The minimum absolute atomic E-state index is 0.0192. The summed E-state index contributed by atoms with van der Waals surface area (Å²) in [5.41, 5.74) is -3.52. The van der Waals surface area contributed by atoms with E-state index in [1.807, 2.05) is 50.6 Å². The van der Waals surface area contributed by atoms with Crippen molar-refractivity contribution in [3.8, 4) is 11.6 Å². The predicted molar refractivity (Wildman–Crippen MR) is 195 cm³/mol. The summed E-state index contributed by atoms with van der Waals surface area (Å²) in [4.78, 5) is 61.1. The van der Waals surface area contributed by atoms with Gasteiger partial charge in [-0.2, -0.15) is 8.42 Å². The SMILES string of the molecule is CC[C@@H]1C[C@]1(NC(=O)[C@@H]1CC(Oc2nccc3cc(OC)ccc23)CN1C(=O)[C@@H](NC(=O)OCC(C)(C)C)C(C)(C)C)C(=O)NS(=O)(=O)OC1(C)CC1. The van der Waals surface area contributed by atoms with Gasteiger partial charge >= 0.3 is 16.4 Å². The molecular weight excluding hydrogens is 706 g/mol. The fourth-order valence-electron chi connectivity index (χ4n) is 6.50. The van der Waals surface area contributed by atoms with Crippen LogP contribution in [0.15, 0.2) is 30.5 Å². The van der Waals surface area contributed by atoms with Crippen LogP contribution in [0.25, 0.3) is 10.8 Å². The highest BCUT2D eigenvalue weighted by molar-refractivity contribution is 7.85. The van der Waals surface area contributed by atoms with Gasteiger partial charge in [0.15, 0.2) is 0 Å². The monoisotopic (exact) mass is 759 g/mol. The quantitative estimate of drug-likeness (QED) is 0.268. The predicted octanol–water partition coefficient (Wildman–Crippen LogP) is 3.99. The van der Waals surface area contributed by atoms with Gasteiger partial charge in [0.25, 0.3) is 5.91 Å². The third-order valence-corrected chi connectivity index (χ3v) is 11.0. The molecule has 3 fully saturated rings. The lowest BCUT2D eigenvalue weighted by Crippen LogP contribution is -2.60. The number of hydrogen-bond donors (Lipinski definition) is 3. The molecule has 1 aliphatic heterocycles. The second kappa shape index (κ2) is 14.6. The van der Waals surface area contributed by atoms with Gasteiger partial charge in [0, 0.05) is 18.0 Å². The summed E-state index contributed by atoms with van der Waals surface area (Å²) in [7, 11) is -2.88. The minimum atomic E-state index is -4.45. The highest BCUT2D eigenvalue weighted by atomic mass is 32.2. The molecule has 5 rings (SSSR count). The number of rotatable bonds is 13. The number of benzene rings is 1. The molecule has 2 aliphatic carbocycles. The molecule has 292 valence electrons. The number of methoxy groups -OCH3 is 1. The van der Waals surface area contributed by atoms with Crippen molar-refractivity contribution in [3.63, 3.8) is 0 Å². The first kappa shape index (κ1) is 40.0. The van der Waals surface area contributed by atoms with Crippen molar-refractivity contribution in [3.05, 3.63) is 30.5 Å². The Morgan fingerprint density at radius 2 is 1.77 bits per heavy atom. The average molecular weight is 760 g/mol. The smallest absolute Gasteiger partial charge is 0.407 e. The van der Waals surface area contributed by atoms with Crippen LogP contribution >= 0.6 is 0 Å². The Bertz CT molecular complexity index is 1850. The molecule has 3 aliphatic rings. The number of carbonyl (C=O) groups is 4. The van der Waals surface area contributed by atoms with E-state index in [2.05, 4.69) is 15.6 Å². The zero-order valence-corrected chi connectivity index (χ0v) is 32.8. The Balaban J connectivity index is 1.42. The van der Waals surface area contributed by atoms with Crippen LogP contribution in [0, 0.1) is 16.7 Å². The van der Waals surface area contributed by atoms with E-state index in [1.54, 1.807) is 47.1 Å². The number of hydrogen-bond acceptors (Lipinski definition) is 11. The van der Waals surface area contributed by atoms with Gasteiger partial charge in [0.05, 0.1) is 25.9 Å². The van der Waals surface area contributed by atoms with Crippen molar-refractivity contribution in [2.45, 2.75) is 117 Å². The molecule has 5 atom stereocenters. The number of alkyl carbamates (subject to hydrolysis) is 1. The topological polar surface area (TPSA) is 192 Å². The zero-order valence-electron chi connectivity index (χ0n) is 32.0. The number of amides is 4. The van der Waals surface area contributed by atoms with E-state index < -0.39 is 68.9 Å². The summed E-state index contributed by atoms with van der Waals surface area (Å²) < 4.78 is 49.9.